The Kier molecular flexibility index (Phi) is 13.5. The van der Waals surface area contributed by atoms with Gasteiger partial charge in [-0.1, -0.05) is 78.1 Å². The fraction of sp³-hybridized carbons (Fsp3) is 0.938. The zero-order valence-electron chi connectivity index (χ0n) is 12.0. The molecule has 17 heavy (non-hydrogen) atoms. The summed E-state index contributed by atoms with van der Waals surface area (Å²) < 4.78 is 0. The van der Waals surface area contributed by atoms with Crippen LogP contribution < -0.4 is 0 Å². The average Bonchev–Trinajstić information content (AvgIpc) is 2.30. The average molecular weight is 239 g/mol. The molecule has 1 nitrogen and oxygen atoms in total. The molecular weight excluding hydrogens is 208 g/mol. The van der Waals surface area contributed by atoms with Crippen LogP contribution in [0.3, 0.4) is 0 Å². The lowest BCUT2D eigenvalue weighted by atomic mass is 10.0. The first-order valence-corrected chi connectivity index (χ1v) is 7.62. The molecule has 101 valence electrons. The topological polar surface area (TPSA) is 17.1 Å². The molecule has 0 aliphatic carbocycles. The summed E-state index contributed by atoms with van der Waals surface area (Å²) in [5.74, 6) is 0.874. The molecule has 0 heterocycles. The van der Waals surface area contributed by atoms with Gasteiger partial charge >= 0.3 is 0 Å². The minimum atomic E-state index is 0.635. The van der Waals surface area contributed by atoms with Gasteiger partial charge in [-0.3, -0.25) is 4.79 Å². The molecule has 0 saturated heterocycles. The van der Waals surface area contributed by atoms with Gasteiger partial charge in [0.15, 0.2) is 6.29 Å². The van der Waals surface area contributed by atoms with Crippen molar-refractivity contribution in [2.45, 2.75) is 90.9 Å². The zero-order valence-corrected chi connectivity index (χ0v) is 12.0. The quantitative estimate of drug-likeness (QED) is 0.391. The van der Waals surface area contributed by atoms with Crippen LogP contribution in [-0.4, -0.2) is 6.29 Å². The molecule has 0 saturated carbocycles. The molecule has 0 rings (SSSR count). The maximum Gasteiger partial charge on any atom is 0.198 e. The Morgan fingerprint density at radius 1 is 0.706 bits per heavy atom. The lowest BCUT2D eigenvalue weighted by molar-refractivity contribution is 0.504. The maximum atomic E-state index is 9.98. The second-order valence-electron chi connectivity index (χ2n) is 5.61. The predicted molar refractivity (Wildman–Crippen MR) is 75.9 cm³/mol. The van der Waals surface area contributed by atoms with Crippen LogP contribution in [0.15, 0.2) is 0 Å². The molecule has 0 amide bonds. The van der Waals surface area contributed by atoms with Crippen LogP contribution >= 0.6 is 0 Å². The number of unbranched alkanes of at least 4 members (excludes halogenated alkanes) is 10. The van der Waals surface area contributed by atoms with Crippen LogP contribution in [0.2, 0.25) is 0 Å². The van der Waals surface area contributed by atoms with E-state index in [1.54, 1.807) is 0 Å². The first-order chi connectivity index (χ1) is 8.27. The summed E-state index contributed by atoms with van der Waals surface area (Å²) >= 11 is 0. The number of carbonyl (C=O) groups excluding carboxylic acids is 1. The SMILES string of the molecule is CC(C)CCCCCCCCCCCC[C]=O. The Bertz CT molecular complexity index is 152. The van der Waals surface area contributed by atoms with Gasteiger partial charge in [0, 0.05) is 6.42 Å². The lowest BCUT2D eigenvalue weighted by Crippen LogP contribution is -1.87. The molecule has 0 atom stereocenters. The van der Waals surface area contributed by atoms with Crippen LogP contribution in [0.4, 0.5) is 0 Å². The van der Waals surface area contributed by atoms with Crippen molar-refractivity contribution in [1.29, 1.82) is 0 Å². The fourth-order valence-electron chi connectivity index (χ4n) is 2.16. The van der Waals surface area contributed by atoms with Gasteiger partial charge in [-0.2, -0.15) is 0 Å². The van der Waals surface area contributed by atoms with E-state index < -0.39 is 0 Å². The van der Waals surface area contributed by atoms with E-state index in [4.69, 9.17) is 0 Å². The highest BCUT2D eigenvalue weighted by atomic mass is 16.1. The molecule has 0 unspecified atom stereocenters. The second-order valence-corrected chi connectivity index (χ2v) is 5.61. The predicted octanol–water partition coefficient (Wildman–Crippen LogP) is 5.43. The summed E-state index contributed by atoms with van der Waals surface area (Å²) in [6.07, 6.45) is 17.4. The number of hydrogen-bond acceptors (Lipinski definition) is 1. The Hall–Kier alpha value is -0.330. The Morgan fingerprint density at radius 2 is 1.12 bits per heavy atom. The molecule has 0 aromatic carbocycles. The van der Waals surface area contributed by atoms with E-state index in [-0.39, 0.29) is 0 Å². The van der Waals surface area contributed by atoms with Gasteiger partial charge in [0.25, 0.3) is 0 Å². The molecule has 1 radical (unpaired) electrons. The van der Waals surface area contributed by atoms with Crippen molar-refractivity contribution in [2.75, 3.05) is 0 Å². The van der Waals surface area contributed by atoms with Gasteiger partial charge in [0.2, 0.25) is 0 Å². The molecule has 0 aromatic rings. The minimum absolute atomic E-state index is 0.635. The van der Waals surface area contributed by atoms with Crippen LogP contribution in [0.5, 0.6) is 0 Å². The number of rotatable bonds is 13. The van der Waals surface area contributed by atoms with Gasteiger partial charge in [-0.05, 0) is 12.3 Å². The molecule has 0 fully saturated rings. The van der Waals surface area contributed by atoms with E-state index in [0.717, 1.165) is 12.3 Å². The molecule has 0 aliphatic heterocycles. The summed E-state index contributed by atoms with van der Waals surface area (Å²) in [4.78, 5) is 9.98. The van der Waals surface area contributed by atoms with E-state index in [1.807, 2.05) is 6.29 Å². The van der Waals surface area contributed by atoms with E-state index >= 15 is 0 Å². The van der Waals surface area contributed by atoms with Crippen molar-refractivity contribution in [3.05, 3.63) is 0 Å². The van der Waals surface area contributed by atoms with E-state index in [2.05, 4.69) is 13.8 Å². The maximum absolute atomic E-state index is 9.98. The minimum Gasteiger partial charge on any atom is -0.291 e. The fourth-order valence-corrected chi connectivity index (χ4v) is 2.16. The molecule has 0 aromatic heterocycles. The third-order valence-corrected chi connectivity index (χ3v) is 3.31. The molecule has 0 spiro atoms. The van der Waals surface area contributed by atoms with Crippen LogP contribution in [0.1, 0.15) is 90.9 Å². The van der Waals surface area contributed by atoms with Crippen molar-refractivity contribution >= 4 is 6.29 Å². The van der Waals surface area contributed by atoms with Gasteiger partial charge in [-0.25, -0.2) is 0 Å². The molecule has 0 aliphatic rings. The van der Waals surface area contributed by atoms with Gasteiger partial charge in [0.1, 0.15) is 0 Å². The first-order valence-electron chi connectivity index (χ1n) is 7.62. The van der Waals surface area contributed by atoms with E-state index in [1.165, 1.54) is 64.2 Å². The van der Waals surface area contributed by atoms with Gasteiger partial charge in [0.05, 0.1) is 0 Å². The van der Waals surface area contributed by atoms with Crippen molar-refractivity contribution in [3.63, 3.8) is 0 Å². The van der Waals surface area contributed by atoms with Crippen molar-refractivity contribution in [2.24, 2.45) is 5.92 Å². The molecule has 0 N–H and O–H groups in total. The Morgan fingerprint density at radius 3 is 1.53 bits per heavy atom. The highest BCUT2D eigenvalue weighted by molar-refractivity contribution is 5.50. The largest absolute Gasteiger partial charge is 0.291 e. The third-order valence-electron chi connectivity index (χ3n) is 3.31. The van der Waals surface area contributed by atoms with Crippen LogP contribution in [-0.2, 0) is 4.79 Å². The first kappa shape index (κ1) is 16.7. The highest BCUT2D eigenvalue weighted by Crippen LogP contribution is 2.13. The normalized spacial score (nSPS) is 11.0. The van der Waals surface area contributed by atoms with Crippen molar-refractivity contribution in [3.8, 4) is 0 Å². The van der Waals surface area contributed by atoms with E-state index in [9.17, 15) is 4.79 Å². The van der Waals surface area contributed by atoms with Crippen molar-refractivity contribution < 1.29 is 4.79 Å². The Balaban J connectivity index is 2.91. The lowest BCUT2D eigenvalue weighted by Gasteiger charge is -2.04. The standard InChI is InChI=1S/C16H31O/c1-16(2)14-12-10-8-6-4-3-5-7-9-11-13-15-17/h16H,3-14H2,1-2H3. The number of hydrogen-bond donors (Lipinski definition) is 0. The summed E-state index contributed by atoms with van der Waals surface area (Å²) in [5.41, 5.74) is 0. The van der Waals surface area contributed by atoms with Crippen LogP contribution in [0, 0.1) is 5.92 Å². The van der Waals surface area contributed by atoms with E-state index in [0.29, 0.717) is 6.42 Å². The summed E-state index contributed by atoms with van der Waals surface area (Å²) in [7, 11) is 0. The molecule has 1 heteroatoms. The third kappa shape index (κ3) is 15.7. The molecular formula is C16H31O. The summed E-state index contributed by atoms with van der Waals surface area (Å²) in [6, 6.07) is 0. The smallest absolute Gasteiger partial charge is 0.198 e. The van der Waals surface area contributed by atoms with Gasteiger partial charge in [-0.15, -0.1) is 0 Å². The van der Waals surface area contributed by atoms with Gasteiger partial charge < -0.3 is 0 Å². The van der Waals surface area contributed by atoms with Crippen LogP contribution in [0.25, 0.3) is 0 Å². The van der Waals surface area contributed by atoms with Crippen molar-refractivity contribution in [1.82, 2.24) is 0 Å². The second kappa shape index (κ2) is 13.7. The summed E-state index contributed by atoms with van der Waals surface area (Å²) in [6.45, 7) is 4.62. The Labute approximate surface area is 108 Å². The summed E-state index contributed by atoms with van der Waals surface area (Å²) in [5, 5.41) is 0. The zero-order chi connectivity index (χ0) is 12.8. The molecule has 0 bridgehead atoms. The highest BCUT2D eigenvalue weighted by Gasteiger charge is 1.95. The monoisotopic (exact) mass is 239 g/mol.